The summed E-state index contributed by atoms with van der Waals surface area (Å²) in [5.41, 5.74) is 1.53. The molecular weight excluding hydrogens is 254 g/mol. The van der Waals surface area contributed by atoms with Crippen molar-refractivity contribution >= 4 is 28.4 Å². The third kappa shape index (κ3) is 3.96. The van der Waals surface area contributed by atoms with Gasteiger partial charge in [-0.05, 0) is 25.5 Å². The van der Waals surface area contributed by atoms with Gasteiger partial charge in [0, 0.05) is 16.5 Å². The van der Waals surface area contributed by atoms with Crippen molar-refractivity contribution in [2.24, 2.45) is 0 Å². The summed E-state index contributed by atoms with van der Waals surface area (Å²) in [6.45, 7) is 3.29. The van der Waals surface area contributed by atoms with Crippen LogP contribution in [-0.4, -0.2) is 32.2 Å². The number of hydrogen-bond donors (Lipinski definition) is 2. The van der Waals surface area contributed by atoms with Crippen LogP contribution in [0.1, 0.15) is 12.5 Å². The average molecular weight is 269 g/mol. The minimum Gasteiger partial charge on any atom is -0.481 e. The normalized spacial score (nSPS) is 13.7. The Bertz CT molecular complexity index is 487. The Balaban J connectivity index is 2.69. The molecule has 0 aliphatic carbocycles. The summed E-state index contributed by atoms with van der Waals surface area (Å²) in [6, 6.07) is 7.20. The summed E-state index contributed by atoms with van der Waals surface area (Å²) in [5, 5.41) is 10.3. The van der Waals surface area contributed by atoms with Gasteiger partial charge in [0.05, 0.1) is 0 Å². The van der Waals surface area contributed by atoms with Crippen LogP contribution in [0.25, 0.3) is 0 Å². The molecule has 98 valence electrons. The van der Waals surface area contributed by atoms with Gasteiger partial charge < -0.3 is 10.4 Å². The number of aryl methyl sites for hydroxylation is 1. The van der Waals surface area contributed by atoms with Gasteiger partial charge in [-0.25, -0.2) is 0 Å². The van der Waals surface area contributed by atoms with Crippen molar-refractivity contribution in [1.29, 1.82) is 0 Å². The van der Waals surface area contributed by atoms with Gasteiger partial charge in [0.2, 0.25) is 5.91 Å². The molecular formula is C12H15NO4S. The lowest BCUT2D eigenvalue weighted by atomic mass is 10.2. The van der Waals surface area contributed by atoms with Gasteiger partial charge in [0.25, 0.3) is 0 Å². The summed E-state index contributed by atoms with van der Waals surface area (Å²) >= 11 is 0. The largest absolute Gasteiger partial charge is 0.481 e. The van der Waals surface area contributed by atoms with Crippen molar-refractivity contribution in [1.82, 2.24) is 0 Å². The fraction of sp³-hybridized carbons (Fsp3) is 0.333. The molecule has 1 amide bonds. The SMILES string of the molecule is Cc1ccccc1NC(=O)C(C)S(=O)CC(=O)O. The van der Waals surface area contributed by atoms with Gasteiger partial charge in [0.1, 0.15) is 11.0 Å². The van der Waals surface area contributed by atoms with E-state index in [0.29, 0.717) is 5.69 Å². The van der Waals surface area contributed by atoms with E-state index in [2.05, 4.69) is 5.32 Å². The molecule has 1 rings (SSSR count). The first-order valence-electron chi connectivity index (χ1n) is 5.37. The van der Waals surface area contributed by atoms with Crippen molar-refractivity contribution in [3.8, 4) is 0 Å². The van der Waals surface area contributed by atoms with Crippen molar-refractivity contribution in [3.63, 3.8) is 0 Å². The van der Waals surface area contributed by atoms with Gasteiger partial charge in [0.15, 0.2) is 0 Å². The predicted molar refractivity (Wildman–Crippen MR) is 69.9 cm³/mol. The van der Waals surface area contributed by atoms with E-state index in [4.69, 9.17) is 5.11 Å². The maximum Gasteiger partial charge on any atom is 0.316 e. The molecule has 2 atom stereocenters. The summed E-state index contributed by atoms with van der Waals surface area (Å²) in [7, 11) is -1.72. The number of carboxylic acids is 1. The molecule has 0 aliphatic heterocycles. The molecule has 0 radical (unpaired) electrons. The van der Waals surface area contributed by atoms with E-state index in [1.54, 1.807) is 12.1 Å². The average Bonchev–Trinajstić information content (AvgIpc) is 2.30. The standard InChI is InChI=1S/C12H15NO4S/c1-8-5-3-4-6-10(8)13-12(16)9(2)18(17)7-11(14)15/h3-6,9H,7H2,1-2H3,(H,13,16)(H,14,15). The number of anilines is 1. The number of hydrogen-bond acceptors (Lipinski definition) is 3. The Hall–Kier alpha value is -1.69. The Kier molecular flexibility index (Phi) is 5.03. The lowest BCUT2D eigenvalue weighted by Crippen LogP contribution is -2.32. The van der Waals surface area contributed by atoms with E-state index in [1.807, 2.05) is 19.1 Å². The number of benzene rings is 1. The van der Waals surface area contributed by atoms with Crippen LogP contribution in [0.4, 0.5) is 5.69 Å². The summed E-state index contributed by atoms with van der Waals surface area (Å²) in [4.78, 5) is 22.2. The summed E-state index contributed by atoms with van der Waals surface area (Å²) < 4.78 is 11.5. The topological polar surface area (TPSA) is 83.5 Å². The minimum atomic E-state index is -1.72. The first-order valence-corrected chi connectivity index (χ1v) is 6.75. The van der Waals surface area contributed by atoms with Crippen LogP contribution in [-0.2, 0) is 20.4 Å². The smallest absolute Gasteiger partial charge is 0.316 e. The highest BCUT2D eigenvalue weighted by Gasteiger charge is 2.22. The quantitative estimate of drug-likeness (QED) is 0.840. The van der Waals surface area contributed by atoms with Crippen LogP contribution >= 0.6 is 0 Å². The Morgan fingerprint density at radius 1 is 1.39 bits per heavy atom. The third-order valence-electron chi connectivity index (χ3n) is 2.43. The van der Waals surface area contributed by atoms with E-state index >= 15 is 0 Å². The summed E-state index contributed by atoms with van der Waals surface area (Å²) in [5.74, 6) is -2.14. The molecule has 1 aromatic carbocycles. The lowest BCUT2D eigenvalue weighted by Gasteiger charge is -2.12. The zero-order valence-electron chi connectivity index (χ0n) is 10.2. The number of carbonyl (C=O) groups is 2. The molecule has 1 aromatic rings. The van der Waals surface area contributed by atoms with Crippen molar-refractivity contribution in [2.45, 2.75) is 19.1 Å². The first kappa shape index (κ1) is 14.4. The Morgan fingerprint density at radius 3 is 2.56 bits per heavy atom. The van der Waals surface area contributed by atoms with Crippen molar-refractivity contribution in [3.05, 3.63) is 29.8 Å². The van der Waals surface area contributed by atoms with Crippen molar-refractivity contribution < 1.29 is 18.9 Å². The van der Waals surface area contributed by atoms with Crippen LogP contribution in [0, 0.1) is 6.92 Å². The van der Waals surface area contributed by atoms with E-state index in [-0.39, 0.29) is 0 Å². The molecule has 0 saturated carbocycles. The van der Waals surface area contributed by atoms with Gasteiger partial charge in [-0.2, -0.15) is 0 Å². The van der Waals surface area contributed by atoms with Gasteiger partial charge in [-0.15, -0.1) is 0 Å². The zero-order chi connectivity index (χ0) is 13.7. The maximum absolute atomic E-state index is 11.8. The highest BCUT2D eigenvalue weighted by atomic mass is 32.2. The Labute approximate surface area is 108 Å². The molecule has 0 aromatic heterocycles. The molecule has 0 aliphatic rings. The van der Waals surface area contributed by atoms with E-state index in [9.17, 15) is 13.8 Å². The molecule has 18 heavy (non-hydrogen) atoms. The highest BCUT2D eigenvalue weighted by molar-refractivity contribution is 7.87. The first-order chi connectivity index (χ1) is 8.41. The second-order valence-electron chi connectivity index (χ2n) is 3.87. The molecule has 0 heterocycles. The lowest BCUT2D eigenvalue weighted by molar-refractivity contribution is -0.133. The molecule has 5 nitrogen and oxygen atoms in total. The van der Waals surface area contributed by atoms with Gasteiger partial charge >= 0.3 is 5.97 Å². The molecule has 0 bridgehead atoms. The van der Waals surface area contributed by atoms with E-state index in [0.717, 1.165) is 5.56 Å². The number of carbonyl (C=O) groups excluding carboxylic acids is 1. The number of aliphatic carboxylic acids is 1. The Morgan fingerprint density at radius 2 is 2.00 bits per heavy atom. The second kappa shape index (κ2) is 6.30. The number of para-hydroxylation sites is 1. The fourth-order valence-corrected chi connectivity index (χ4v) is 2.10. The number of carboxylic acid groups (broad SMARTS) is 1. The molecule has 2 N–H and O–H groups in total. The van der Waals surface area contributed by atoms with Crippen LogP contribution in [0.5, 0.6) is 0 Å². The molecule has 0 fully saturated rings. The van der Waals surface area contributed by atoms with Crippen LogP contribution < -0.4 is 5.32 Å². The van der Waals surface area contributed by atoms with Gasteiger partial charge in [-0.3, -0.25) is 13.8 Å². The zero-order valence-corrected chi connectivity index (χ0v) is 11.0. The van der Waals surface area contributed by atoms with Crippen LogP contribution in [0.3, 0.4) is 0 Å². The number of amides is 1. The second-order valence-corrected chi connectivity index (χ2v) is 5.62. The number of nitrogens with one attached hydrogen (secondary N) is 1. The molecule has 2 unspecified atom stereocenters. The third-order valence-corrected chi connectivity index (χ3v) is 3.97. The van der Waals surface area contributed by atoms with Crippen LogP contribution in [0.15, 0.2) is 24.3 Å². The number of rotatable bonds is 5. The van der Waals surface area contributed by atoms with E-state index in [1.165, 1.54) is 6.92 Å². The monoisotopic (exact) mass is 269 g/mol. The minimum absolute atomic E-state index is 0.441. The van der Waals surface area contributed by atoms with Crippen LogP contribution in [0.2, 0.25) is 0 Å². The fourth-order valence-electron chi connectivity index (χ4n) is 1.31. The van der Waals surface area contributed by atoms with Crippen molar-refractivity contribution in [2.75, 3.05) is 11.1 Å². The molecule has 6 heteroatoms. The maximum atomic E-state index is 11.8. The molecule has 0 spiro atoms. The summed E-state index contributed by atoms with van der Waals surface area (Å²) in [6.07, 6.45) is 0. The van der Waals surface area contributed by atoms with E-state index < -0.39 is 33.7 Å². The predicted octanol–water partition coefficient (Wildman–Crippen LogP) is 1.16. The van der Waals surface area contributed by atoms with Gasteiger partial charge in [-0.1, -0.05) is 18.2 Å². The highest BCUT2D eigenvalue weighted by Crippen LogP contribution is 2.14. The molecule has 0 saturated heterocycles.